The molecule has 0 bridgehead atoms. The number of benzene rings is 1. The van der Waals surface area contributed by atoms with Crippen LogP contribution in [0.1, 0.15) is 24.4 Å². The van der Waals surface area contributed by atoms with Crippen molar-refractivity contribution in [1.82, 2.24) is 5.32 Å². The van der Waals surface area contributed by atoms with Crippen LogP contribution < -0.4 is 14.8 Å². The first kappa shape index (κ1) is 10.7. The predicted molar refractivity (Wildman–Crippen MR) is 59.0 cm³/mol. The van der Waals surface area contributed by atoms with Crippen molar-refractivity contribution in [2.24, 2.45) is 0 Å². The number of aromatic hydroxyl groups is 1. The van der Waals surface area contributed by atoms with Gasteiger partial charge in [-0.05, 0) is 19.4 Å². The van der Waals surface area contributed by atoms with Crippen LogP contribution in [0.5, 0.6) is 17.2 Å². The molecule has 0 aliphatic carbocycles. The lowest BCUT2D eigenvalue weighted by Crippen LogP contribution is -2.20. The van der Waals surface area contributed by atoms with Gasteiger partial charge in [-0.25, -0.2) is 4.39 Å². The van der Waals surface area contributed by atoms with Crippen LogP contribution in [0.2, 0.25) is 0 Å². The Bertz CT molecular complexity index is 444. The van der Waals surface area contributed by atoms with Crippen LogP contribution in [0.25, 0.3) is 0 Å². The Hall–Kier alpha value is -1.49. The van der Waals surface area contributed by atoms with Crippen LogP contribution >= 0.6 is 0 Å². The molecule has 0 saturated carbocycles. The van der Waals surface area contributed by atoms with Gasteiger partial charge in [-0.2, -0.15) is 0 Å². The molecule has 0 radical (unpaired) electrons. The Morgan fingerprint density at radius 2 is 2.18 bits per heavy atom. The molecule has 2 aliphatic heterocycles. The highest BCUT2D eigenvalue weighted by atomic mass is 19.1. The van der Waals surface area contributed by atoms with Crippen molar-refractivity contribution in [2.75, 3.05) is 19.8 Å². The number of rotatable bonds is 1. The molecule has 92 valence electrons. The molecule has 0 aromatic heterocycles. The van der Waals surface area contributed by atoms with E-state index < -0.39 is 5.82 Å². The van der Waals surface area contributed by atoms with Crippen molar-refractivity contribution in [1.29, 1.82) is 0 Å². The first-order valence-corrected chi connectivity index (χ1v) is 5.81. The van der Waals surface area contributed by atoms with Crippen molar-refractivity contribution < 1.29 is 19.0 Å². The molecule has 1 saturated heterocycles. The quantitative estimate of drug-likeness (QED) is 0.783. The van der Waals surface area contributed by atoms with Gasteiger partial charge in [0.1, 0.15) is 13.2 Å². The number of phenols is 1. The van der Waals surface area contributed by atoms with Crippen molar-refractivity contribution >= 4 is 0 Å². The van der Waals surface area contributed by atoms with Crippen molar-refractivity contribution in [3.8, 4) is 17.2 Å². The number of fused-ring (bicyclic) bond motifs is 1. The molecule has 5 heteroatoms. The minimum atomic E-state index is -0.655. The summed E-state index contributed by atoms with van der Waals surface area (Å²) in [5, 5.41) is 13.1. The smallest absolute Gasteiger partial charge is 0.170 e. The van der Waals surface area contributed by atoms with E-state index in [2.05, 4.69) is 5.32 Å². The number of hydrogen-bond acceptors (Lipinski definition) is 4. The number of halogens is 1. The van der Waals surface area contributed by atoms with Crippen molar-refractivity contribution in [3.63, 3.8) is 0 Å². The summed E-state index contributed by atoms with van der Waals surface area (Å²) >= 11 is 0. The van der Waals surface area contributed by atoms with Crippen LogP contribution in [-0.2, 0) is 0 Å². The zero-order valence-corrected chi connectivity index (χ0v) is 9.33. The van der Waals surface area contributed by atoms with E-state index in [4.69, 9.17) is 9.47 Å². The van der Waals surface area contributed by atoms with Gasteiger partial charge >= 0.3 is 0 Å². The minimum absolute atomic E-state index is 0.0545. The van der Waals surface area contributed by atoms with Crippen LogP contribution in [0.15, 0.2) is 6.07 Å². The van der Waals surface area contributed by atoms with Gasteiger partial charge in [0, 0.05) is 12.1 Å². The van der Waals surface area contributed by atoms with E-state index in [1.54, 1.807) is 0 Å². The fourth-order valence-corrected chi connectivity index (χ4v) is 2.42. The van der Waals surface area contributed by atoms with Gasteiger partial charge in [0.05, 0.1) is 5.56 Å². The minimum Gasteiger partial charge on any atom is -0.504 e. The summed E-state index contributed by atoms with van der Waals surface area (Å²) in [7, 11) is 0. The summed E-state index contributed by atoms with van der Waals surface area (Å²) < 4.78 is 24.5. The normalized spacial score (nSPS) is 22.8. The lowest BCUT2D eigenvalue weighted by molar-refractivity contribution is 0.166. The SMILES string of the molecule is Oc1c(F)cc2c(c1C1CCCN1)OCCO2. The van der Waals surface area contributed by atoms with Crippen molar-refractivity contribution in [2.45, 2.75) is 18.9 Å². The van der Waals surface area contributed by atoms with E-state index in [-0.39, 0.29) is 11.8 Å². The molecule has 17 heavy (non-hydrogen) atoms. The molecule has 1 aromatic rings. The second-order valence-electron chi connectivity index (χ2n) is 4.29. The van der Waals surface area contributed by atoms with Gasteiger partial charge in [-0.1, -0.05) is 0 Å². The maximum atomic E-state index is 13.6. The van der Waals surface area contributed by atoms with Gasteiger partial charge in [0.15, 0.2) is 23.1 Å². The molecule has 1 aromatic carbocycles. The molecule has 1 unspecified atom stereocenters. The number of hydrogen-bond donors (Lipinski definition) is 2. The van der Waals surface area contributed by atoms with Gasteiger partial charge in [0.25, 0.3) is 0 Å². The summed E-state index contributed by atoms with van der Waals surface area (Å²) in [6.45, 7) is 1.71. The van der Waals surface area contributed by atoms with Crippen LogP contribution in [0, 0.1) is 5.82 Å². The molecular formula is C12H14FNO3. The maximum Gasteiger partial charge on any atom is 0.170 e. The van der Waals surface area contributed by atoms with Gasteiger partial charge in [0.2, 0.25) is 0 Å². The summed E-state index contributed by atoms with van der Waals surface area (Å²) in [5.74, 6) is -0.114. The molecule has 0 amide bonds. The predicted octanol–water partition coefficient (Wildman–Crippen LogP) is 1.73. The lowest BCUT2D eigenvalue weighted by atomic mass is 10.0. The van der Waals surface area contributed by atoms with E-state index in [9.17, 15) is 9.50 Å². The molecular weight excluding hydrogens is 225 g/mol. The van der Waals surface area contributed by atoms with Crippen LogP contribution in [0.4, 0.5) is 4.39 Å². The average Bonchev–Trinajstić information content (AvgIpc) is 2.84. The Labute approximate surface area is 98.3 Å². The van der Waals surface area contributed by atoms with Gasteiger partial charge < -0.3 is 19.9 Å². The fourth-order valence-electron chi connectivity index (χ4n) is 2.42. The zero-order valence-electron chi connectivity index (χ0n) is 9.33. The molecule has 0 spiro atoms. The molecule has 1 fully saturated rings. The van der Waals surface area contributed by atoms with Crippen LogP contribution in [0.3, 0.4) is 0 Å². The van der Waals surface area contributed by atoms with Gasteiger partial charge in [-0.3, -0.25) is 0 Å². The van der Waals surface area contributed by atoms with E-state index in [1.807, 2.05) is 0 Å². The Kier molecular flexibility index (Phi) is 2.55. The Morgan fingerprint density at radius 3 is 2.94 bits per heavy atom. The molecule has 4 nitrogen and oxygen atoms in total. The monoisotopic (exact) mass is 239 g/mol. The zero-order chi connectivity index (χ0) is 11.8. The van der Waals surface area contributed by atoms with E-state index in [0.29, 0.717) is 30.3 Å². The summed E-state index contributed by atoms with van der Waals surface area (Å²) in [6, 6.07) is 1.13. The molecule has 2 heterocycles. The third kappa shape index (κ3) is 1.70. The van der Waals surface area contributed by atoms with E-state index in [0.717, 1.165) is 19.4 Å². The highest BCUT2D eigenvalue weighted by Crippen LogP contribution is 2.45. The first-order chi connectivity index (χ1) is 8.27. The lowest BCUT2D eigenvalue weighted by Gasteiger charge is -2.24. The number of ether oxygens (including phenoxy) is 2. The van der Waals surface area contributed by atoms with E-state index >= 15 is 0 Å². The number of nitrogens with one attached hydrogen (secondary N) is 1. The standard InChI is InChI=1S/C12H14FNO3/c13-7-6-9-12(17-5-4-16-9)10(11(7)15)8-2-1-3-14-8/h6,8,14-15H,1-5H2. The molecule has 2 aliphatic rings. The topological polar surface area (TPSA) is 50.7 Å². The third-order valence-electron chi connectivity index (χ3n) is 3.20. The fraction of sp³-hybridized carbons (Fsp3) is 0.500. The highest BCUT2D eigenvalue weighted by Gasteiger charge is 2.30. The van der Waals surface area contributed by atoms with Crippen molar-refractivity contribution in [3.05, 3.63) is 17.4 Å². The first-order valence-electron chi connectivity index (χ1n) is 5.81. The molecule has 3 rings (SSSR count). The summed E-state index contributed by atoms with van der Waals surface area (Å²) in [4.78, 5) is 0. The average molecular weight is 239 g/mol. The largest absolute Gasteiger partial charge is 0.504 e. The van der Waals surface area contributed by atoms with E-state index in [1.165, 1.54) is 6.07 Å². The molecule has 2 N–H and O–H groups in total. The van der Waals surface area contributed by atoms with Crippen LogP contribution in [-0.4, -0.2) is 24.9 Å². The van der Waals surface area contributed by atoms with Gasteiger partial charge in [-0.15, -0.1) is 0 Å². The number of phenolic OH excluding ortho intramolecular Hbond substituents is 1. The molecule has 1 atom stereocenters. The highest BCUT2D eigenvalue weighted by molar-refractivity contribution is 5.56. The summed E-state index contributed by atoms with van der Waals surface area (Å²) in [5.41, 5.74) is 0.497. The Balaban J connectivity index is 2.12. The second kappa shape index (κ2) is 4.07. The third-order valence-corrected chi connectivity index (χ3v) is 3.20. The second-order valence-corrected chi connectivity index (χ2v) is 4.29. The maximum absolute atomic E-state index is 13.6. The summed E-state index contributed by atoms with van der Waals surface area (Å²) in [6.07, 6.45) is 1.88. The Morgan fingerprint density at radius 1 is 1.35 bits per heavy atom.